The molecule has 0 bridgehead atoms. The smallest absolute Gasteiger partial charge is 0.244 e. The largest absolute Gasteiger partial charge is 0.352 e. The zero-order valence-electron chi connectivity index (χ0n) is 14.6. The SMILES string of the molecule is Cc1cc(C)n(-c2nc(CCNC(=O)/C=C/c3ccccc3Cl)cs2)n1. The zero-order valence-corrected chi connectivity index (χ0v) is 16.1. The Balaban J connectivity index is 1.51. The molecule has 1 N–H and O–H groups in total. The third kappa shape index (κ3) is 4.59. The second kappa shape index (κ2) is 8.29. The number of nitrogens with zero attached hydrogens (tertiary/aromatic N) is 3. The van der Waals surface area contributed by atoms with Crippen molar-refractivity contribution in [2.45, 2.75) is 20.3 Å². The molecule has 0 aliphatic heterocycles. The van der Waals surface area contributed by atoms with Crippen LogP contribution in [-0.4, -0.2) is 27.2 Å². The normalized spacial score (nSPS) is 11.2. The van der Waals surface area contributed by atoms with Gasteiger partial charge in [0.25, 0.3) is 0 Å². The molecule has 0 saturated heterocycles. The fraction of sp³-hybridized carbons (Fsp3) is 0.211. The van der Waals surface area contributed by atoms with Gasteiger partial charge in [-0.05, 0) is 37.6 Å². The first-order chi connectivity index (χ1) is 12.5. The molecule has 26 heavy (non-hydrogen) atoms. The van der Waals surface area contributed by atoms with Crippen LogP contribution in [0.1, 0.15) is 22.6 Å². The van der Waals surface area contributed by atoms with Crippen molar-refractivity contribution >= 4 is 34.9 Å². The lowest BCUT2D eigenvalue weighted by Gasteiger charge is -2.01. The number of hydrogen-bond donors (Lipinski definition) is 1. The number of aryl methyl sites for hydroxylation is 2. The minimum atomic E-state index is -0.154. The number of amides is 1. The van der Waals surface area contributed by atoms with E-state index in [1.54, 1.807) is 23.5 Å². The van der Waals surface area contributed by atoms with Gasteiger partial charge in [0.15, 0.2) is 0 Å². The van der Waals surface area contributed by atoms with Crippen LogP contribution in [0.15, 0.2) is 41.8 Å². The molecule has 0 radical (unpaired) electrons. The van der Waals surface area contributed by atoms with E-state index in [2.05, 4.69) is 15.4 Å². The molecule has 2 aromatic heterocycles. The lowest BCUT2D eigenvalue weighted by molar-refractivity contribution is -0.116. The van der Waals surface area contributed by atoms with Gasteiger partial charge in [0.1, 0.15) is 0 Å². The molecule has 0 unspecified atom stereocenters. The molecular formula is C19H19ClN4OS. The van der Waals surface area contributed by atoms with Crippen molar-refractivity contribution < 1.29 is 4.79 Å². The van der Waals surface area contributed by atoms with E-state index in [0.717, 1.165) is 27.8 Å². The summed E-state index contributed by atoms with van der Waals surface area (Å²) in [6, 6.07) is 9.41. The predicted octanol–water partition coefficient (Wildman–Crippen LogP) is 3.97. The van der Waals surface area contributed by atoms with Crippen LogP contribution >= 0.6 is 22.9 Å². The van der Waals surface area contributed by atoms with Gasteiger partial charge in [-0.25, -0.2) is 9.67 Å². The minimum Gasteiger partial charge on any atom is -0.352 e. The lowest BCUT2D eigenvalue weighted by atomic mass is 10.2. The first kappa shape index (κ1) is 18.4. The first-order valence-electron chi connectivity index (χ1n) is 8.21. The van der Waals surface area contributed by atoms with Crippen LogP contribution in [0, 0.1) is 13.8 Å². The molecule has 0 spiro atoms. The Morgan fingerprint density at radius 2 is 2.15 bits per heavy atom. The number of hydrogen-bond acceptors (Lipinski definition) is 4. The predicted molar refractivity (Wildman–Crippen MR) is 106 cm³/mol. The highest BCUT2D eigenvalue weighted by Gasteiger charge is 2.08. The zero-order chi connectivity index (χ0) is 18.5. The van der Waals surface area contributed by atoms with Gasteiger partial charge in [0, 0.05) is 35.1 Å². The van der Waals surface area contributed by atoms with E-state index in [9.17, 15) is 4.79 Å². The van der Waals surface area contributed by atoms with Crippen LogP contribution < -0.4 is 5.32 Å². The molecule has 3 aromatic rings. The third-order valence-corrected chi connectivity index (χ3v) is 4.94. The van der Waals surface area contributed by atoms with Crippen molar-refractivity contribution in [2.75, 3.05) is 6.54 Å². The topological polar surface area (TPSA) is 59.8 Å². The highest BCUT2D eigenvalue weighted by molar-refractivity contribution is 7.12. The molecule has 2 heterocycles. The maximum Gasteiger partial charge on any atom is 0.244 e. The average Bonchev–Trinajstić information content (AvgIpc) is 3.20. The molecule has 0 saturated carbocycles. The van der Waals surface area contributed by atoms with E-state index in [-0.39, 0.29) is 5.91 Å². The van der Waals surface area contributed by atoms with E-state index in [0.29, 0.717) is 18.0 Å². The number of carbonyl (C=O) groups excluding carboxylic acids is 1. The van der Waals surface area contributed by atoms with Crippen LogP contribution in [0.2, 0.25) is 5.02 Å². The number of rotatable bonds is 6. The van der Waals surface area contributed by atoms with Crippen molar-refractivity contribution in [3.63, 3.8) is 0 Å². The van der Waals surface area contributed by atoms with Gasteiger partial charge in [-0.2, -0.15) is 5.10 Å². The van der Waals surface area contributed by atoms with E-state index in [4.69, 9.17) is 11.6 Å². The Hall–Kier alpha value is -2.44. The summed E-state index contributed by atoms with van der Waals surface area (Å²) >= 11 is 7.61. The number of thiazole rings is 1. The number of halogens is 1. The number of nitrogens with one attached hydrogen (secondary N) is 1. The van der Waals surface area contributed by atoms with Gasteiger partial charge in [0.05, 0.1) is 11.4 Å². The minimum absolute atomic E-state index is 0.154. The number of carbonyl (C=O) groups is 1. The van der Waals surface area contributed by atoms with E-state index >= 15 is 0 Å². The summed E-state index contributed by atoms with van der Waals surface area (Å²) in [4.78, 5) is 16.5. The molecule has 0 atom stereocenters. The quantitative estimate of drug-likeness (QED) is 0.652. The monoisotopic (exact) mass is 386 g/mol. The van der Waals surface area contributed by atoms with Crippen molar-refractivity contribution in [1.82, 2.24) is 20.1 Å². The highest BCUT2D eigenvalue weighted by Crippen LogP contribution is 2.17. The summed E-state index contributed by atoms with van der Waals surface area (Å²) in [6.45, 7) is 4.49. The number of aromatic nitrogens is 3. The molecule has 7 heteroatoms. The summed E-state index contributed by atoms with van der Waals surface area (Å²) < 4.78 is 1.84. The maximum atomic E-state index is 11.9. The van der Waals surface area contributed by atoms with Gasteiger partial charge in [0.2, 0.25) is 11.0 Å². The van der Waals surface area contributed by atoms with Crippen molar-refractivity contribution in [2.24, 2.45) is 0 Å². The van der Waals surface area contributed by atoms with Crippen LogP contribution in [0.4, 0.5) is 0 Å². The van der Waals surface area contributed by atoms with Crippen molar-refractivity contribution in [1.29, 1.82) is 0 Å². The van der Waals surface area contributed by atoms with E-state index in [1.165, 1.54) is 6.08 Å². The molecule has 0 aliphatic carbocycles. The summed E-state index contributed by atoms with van der Waals surface area (Å²) in [6.07, 6.45) is 3.87. The molecule has 1 aromatic carbocycles. The van der Waals surface area contributed by atoms with Crippen molar-refractivity contribution in [3.05, 3.63) is 69.5 Å². The molecule has 0 fully saturated rings. The van der Waals surface area contributed by atoms with Gasteiger partial charge < -0.3 is 5.32 Å². The van der Waals surface area contributed by atoms with Crippen LogP contribution in [0.3, 0.4) is 0 Å². The van der Waals surface area contributed by atoms with Crippen LogP contribution in [0.25, 0.3) is 11.2 Å². The summed E-state index contributed by atoms with van der Waals surface area (Å²) in [5.41, 5.74) is 3.78. The van der Waals surface area contributed by atoms with E-state index in [1.807, 2.05) is 48.2 Å². The Morgan fingerprint density at radius 1 is 1.35 bits per heavy atom. The molecule has 134 valence electrons. The second-order valence-corrected chi connectivity index (χ2v) is 7.10. The second-order valence-electron chi connectivity index (χ2n) is 5.86. The molecular weight excluding hydrogens is 368 g/mol. The maximum absolute atomic E-state index is 11.9. The van der Waals surface area contributed by atoms with Crippen molar-refractivity contribution in [3.8, 4) is 5.13 Å². The van der Waals surface area contributed by atoms with Gasteiger partial charge in [-0.3, -0.25) is 4.79 Å². The third-order valence-electron chi connectivity index (χ3n) is 3.73. The van der Waals surface area contributed by atoms with E-state index < -0.39 is 0 Å². The standard InChI is InChI=1S/C19H19ClN4OS/c1-13-11-14(2)24(23-13)19-22-16(12-26-19)9-10-21-18(25)8-7-15-5-3-4-6-17(15)20/h3-8,11-12H,9-10H2,1-2H3,(H,21,25)/b8-7+. The highest BCUT2D eigenvalue weighted by atomic mass is 35.5. The Kier molecular flexibility index (Phi) is 5.85. The summed E-state index contributed by atoms with van der Waals surface area (Å²) in [5.74, 6) is -0.154. The molecule has 5 nitrogen and oxygen atoms in total. The van der Waals surface area contributed by atoms with Crippen LogP contribution in [-0.2, 0) is 11.2 Å². The Labute approximate surface area is 161 Å². The molecule has 0 aliphatic rings. The Bertz CT molecular complexity index is 945. The fourth-order valence-electron chi connectivity index (χ4n) is 2.48. The summed E-state index contributed by atoms with van der Waals surface area (Å²) in [7, 11) is 0. The van der Waals surface area contributed by atoms with Gasteiger partial charge >= 0.3 is 0 Å². The number of benzene rings is 1. The lowest BCUT2D eigenvalue weighted by Crippen LogP contribution is -2.23. The summed E-state index contributed by atoms with van der Waals surface area (Å²) in [5, 5.41) is 10.8. The van der Waals surface area contributed by atoms with Gasteiger partial charge in [-0.15, -0.1) is 11.3 Å². The van der Waals surface area contributed by atoms with Crippen LogP contribution in [0.5, 0.6) is 0 Å². The first-order valence-corrected chi connectivity index (χ1v) is 9.47. The molecule has 3 rings (SSSR count). The fourth-order valence-corrected chi connectivity index (χ4v) is 3.54. The average molecular weight is 387 g/mol. The van der Waals surface area contributed by atoms with Gasteiger partial charge in [-0.1, -0.05) is 29.8 Å². The Morgan fingerprint density at radius 3 is 2.88 bits per heavy atom. The molecule has 1 amide bonds.